The van der Waals surface area contributed by atoms with Gasteiger partial charge in [0.05, 0.1) is 19.8 Å². The summed E-state index contributed by atoms with van der Waals surface area (Å²) in [5.74, 6) is -0.324. The van der Waals surface area contributed by atoms with Crippen molar-refractivity contribution in [1.82, 2.24) is 0 Å². The molecule has 0 aromatic rings. The number of phosphoric acid groups is 1. The van der Waals surface area contributed by atoms with E-state index >= 15 is 0 Å². The molecule has 300 valence electrons. The monoisotopic (exact) mass is 734 g/mol. The summed E-state index contributed by atoms with van der Waals surface area (Å²) >= 11 is 0. The van der Waals surface area contributed by atoms with Crippen molar-refractivity contribution < 1.29 is 32.8 Å². The number of unbranched alkanes of at least 4 members (excludes halogenated alkanes) is 29. The van der Waals surface area contributed by atoms with Crippen molar-refractivity contribution in [3.63, 3.8) is 0 Å². The Morgan fingerprint density at radius 3 is 1.26 bits per heavy atom. The van der Waals surface area contributed by atoms with Crippen LogP contribution in [0.5, 0.6) is 0 Å². The Hall–Kier alpha value is -0.500. The van der Waals surface area contributed by atoms with Crippen LogP contribution < -0.4 is 5.73 Å². The lowest BCUT2D eigenvalue weighted by molar-refractivity contribution is -0.154. The second kappa shape index (κ2) is 39.7. The Morgan fingerprint density at radius 2 is 0.880 bits per heavy atom. The van der Waals surface area contributed by atoms with Crippen molar-refractivity contribution in [1.29, 1.82) is 0 Å². The van der Waals surface area contributed by atoms with E-state index in [4.69, 9.17) is 24.3 Å². The topological polar surface area (TPSA) is 117 Å². The summed E-state index contributed by atoms with van der Waals surface area (Å²) < 4.78 is 33.4. The van der Waals surface area contributed by atoms with Crippen LogP contribution in [0.3, 0.4) is 0 Å². The summed E-state index contributed by atoms with van der Waals surface area (Å²) in [7, 11) is -4.26. The van der Waals surface area contributed by atoms with Gasteiger partial charge in [-0.2, -0.15) is 0 Å². The van der Waals surface area contributed by atoms with Gasteiger partial charge in [0.1, 0.15) is 6.10 Å². The first-order chi connectivity index (χ1) is 24.4. The molecule has 0 aliphatic rings. The zero-order valence-corrected chi connectivity index (χ0v) is 34.1. The highest BCUT2D eigenvalue weighted by atomic mass is 31.2. The van der Waals surface area contributed by atoms with Gasteiger partial charge in [0.2, 0.25) is 0 Å². The number of rotatable bonds is 42. The number of hydrogen-bond donors (Lipinski definition) is 2. The number of carbonyl (C=O) groups excluding carboxylic acids is 1. The molecule has 2 atom stereocenters. The molecule has 0 bridgehead atoms. The molecule has 8 nitrogen and oxygen atoms in total. The summed E-state index contributed by atoms with van der Waals surface area (Å²) in [5.41, 5.74) is 5.36. The fourth-order valence-electron chi connectivity index (χ4n) is 6.35. The lowest BCUT2D eigenvalue weighted by Crippen LogP contribution is -2.28. The van der Waals surface area contributed by atoms with Crippen molar-refractivity contribution in [2.75, 3.05) is 33.0 Å². The number of esters is 1. The van der Waals surface area contributed by atoms with E-state index in [-0.39, 0.29) is 32.3 Å². The number of phosphoric ester groups is 1. The molecule has 0 aliphatic heterocycles. The fraction of sp³-hybridized carbons (Fsp3) is 0.976. The molecule has 50 heavy (non-hydrogen) atoms. The van der Waals surface area contributed by atoms with Crippen molar-refractivity contribution >= 4 is 13.8 Å². The van der Waals surface area contributed by atoms with Gasteiger partial charge in [-0.3, -0.25) is 13.8 Å². The minimum atomic E-state index is -4.26. The molecule has 0 aromatic carbocycles. The van der Waals surface area contributed by atoms with Crippen molar-refractivity contribution in [2.24, 2.45) is 5.73 Å². The van der Waals surface area contributed by atoms with Gasteiger partial charge in [-0.15, -0.1) is 0 Å². The van der Waals surface area contributed by atoms with Gasteiger partial charge in [-0.25, -0.2) is 4.57 Å². The van der Waals surface area contributed by atoms with E-state index in [0.29, 0.717) is 13.0 Å². The third-order valence-electron chi connectivity index (χ3n) is 9.52. The Morgan fingerprint density at radius 1 is 0.520 bits per heavy atom. The summed E-state index contributed by atoms with van der Waals surface area (Å²) in [6.45, 7) is 4.97. The van der Waals surface area contributed by atoms with Gasteiger partial charge in [0.15, 0.2) is 0 Å². The van der Waals surface area contributed by atoms with Crippen molar-refractivity contribution in [3.8, 4) is 0 Å². The zero-order valence-electron chi connectivity index (χ0n) is 33.2. The molecule has 0 saturated heterocycles. The van der Waals surface area contributed by atoms with Crippen molar-refractivity contribution in [3.05, 3.63) is 0 Å². The van der Waals surface area contributed by atoms with E-state index in [9.17, 15) is 14.3 Å². The maximum atomic E-state index is 12.6. The minimum Gasteiger partial charge on any atom is -0.457 e. The van der Waals surface area contributed by atoms with Crippen LogP contribution in [-0.4, -0.2) is 49.9 Å². The van der Waals surface area contributed by atoms with Gasteiger partial charge in [0.25, 0.3) is 0 Å². The Kier molecular flexibility index (Phi) is 39.3. The maximum absolute atomic E-state index is 12.6. The van der Waals surface area contributed by atoms with E-state index in [1.165, 1.54) is 167 Å². The van der Waals surface area contributed by atoms with E-state index < -0.39 is 13.9 Å². The third kappa shape index (κ3) is 38.7. The lowest BCUT2D eigenvalue weighted by Gasteiger charge is -2.20. The summed E-state index contributed by atoms with van der Waals surface area (Å²) in [4.78, 5) is 22.4. The Balaban J connectivity index is 3.92. The average Bonchev–Trinajstić information content (AvgIpc) is 3.10. The van der Waals surface area contributed by atoms with Gasteiger partial charge < -0.3 is 20.1 Å². The molecule has 0 saturated carbocycles. The van der Waals surface area contributed by atoms with Crippen LogP contribution in [0.1, 0.15) is 219 Å². The van der Waals surface area contributed by atoms with Crippen LogP contribution >= 0.6 is 7.82 Å². The highest BCUT2D eigenvalue weighted by Crippen LogP contribution is 2.43. The van der Waals surface area contributed by atoms with Crippen LogP contribution in [0, 0.1) is 0 Å². The smallest absolute Gasteiger partial charge is 0.457 e. The first-order valence-corrected chi connectivity index (χ1v) is 23.0. The molecule has 0 radical (unpaired) electrons. The molecule has 3 N–H and O–H groups in total. The number of nitrogens with two attached hydrogens (primary N) is 1. The molecule has 0 aliphatic carbocycles. The van der Waals surface area contributed by atoms with Gasteiger partial charge in [-0.1, -0.05) is 200 Å². The van der Waals surface area contributed by atoms with E-state index in [2.05, 4.69) is 13.8 Å². The Bertz CT molecular complexity index is 742. The van der Waals surface area contributed by atoms with Crippen LogP contribution in [0.25, 0.3) is 0 Å². The van der Waals surface area contributed by atoms with E-state index in [1.807, 2.05) is 0 Å². The quantitative estimate of drug-likeness (QED) is 0.0362. The van der Waals surface area contributed by atoms with Gasteiger partial charge in [0, 0.05) is 19.6 Å². The first-order valence-electron chi connectivity index (χ1n) is 21.5. The summed E-state index contributed by atoms with van der Waals surface area (Å²) in [6, 6.07) is 0. The molecule has 0 heterocycles. The molecule has 0 fully saturated rings. The summed E-state index contributed by atoms with van der Waals surface area (Å²) in [5, 5.41) is 0. The average molecular weight is 734 g/mol. The van der Waals surface area contributed by atoms with E-state index in [0.717, 1.165) is 32.1 Å². The van der Waals surface area contributed by atoms with Crippen molar-refractivity contribution in [2.45, 2.75) is 225 Å². The predicted molar refractivity (Wildman–Crippen MR) is 211 cm³/mol. The number of ether oxygens (including phenoxy) is 2. The second-order valence-electron chi connectivity index (χ2n) is 14.6. The largest absolute Gasteiger partial charge is 0.472 e. The molecule has 0 amide bonds. The van der Waals surface area contributed by atoms with Crippen LogP contribution in [-0.2, 0) is 27.9 Å². The number of hydrogen-bond acceptors (Lipinski definition) is 7. The third-order valence-corrected chi connectivity index (χ3v) is 10.5. The predicted octanol–water partition coefficient (Wildman–Crippen LogP) is 12.5. The molecule has 0 rings (SSSR count). The highest BCUT2D eigenvalue weighted by Gasteiger charge is 2.25. The minimum absolute atomic E-state index is 0.0902. The second-order valence-corrected chi connectivity index (χ2v) is 16.0. The zero-order chi connectivity index (χ0) is 36.6. The molecule has 0 spiro atoms. The molecular weight excluding hydrogens is 649 g/mol. The summed E-state index contributed by atoms with van der Waals surface area (Å²) in [6.07, 6.45) is 39.8. The van der Waals surface area contributed by atoms with Crippen LogP contribution in [0.2, 0.25) is 0 Å². The standard InChI is InChI=1S/C41H84NO7P/c1-3-5-7-9-11-13-15-16-17-18-19-20-21-22-23-24-26-28-30-32-34-41(43)49-40(39-48-50(44,45)47-37-35-42)38-46-36-33-31-29-27-25-14-12-10-8-6-4-2/h40H,3-39,42H2,1-2H3,(H,44,45). The van der Waals surface area contributed by atoms with Crippen LogP contribution in [0.4, 0.5) is 0 Å². The van der Waals surface area contributed by atoms with Crippen LogP contribution in [0.15, 0.2) is 0 Å². The SMILES string of the molecule is CCCCCCCCCCCCCCCCCCCCCCC(=O)OC(COCCCCCCCCCCCCC)COP(=O)(O)OCCN. The molecular formula is C41H84NO7P. The first kappa shape index (κ1) is 49.5. The highest BCUT2D eigenvalue weighted by molar-refractivity contribution is 7.47. The molecule has 9 heteroatoms. The molecule has 2 unspecified atom stereocenters. The molecule has 0 aromatic heterocycles. The lowest BCUT2D eigenvalue weighted by atomic mass is 10.0. The Labute approximate surface area is 310 Å². The maximum Gasteiger partial charge on any atom is 0.472 e. The number of carbonyl (C=O) groups is 1. The van der Waals surface area contributed by atoms with Gasteiger partial charge in [-0.05, 0) is 12.8 Å². The normalized spacial score (nSPS) is 13.4. The van der Waals surface area contributed by atoms with Gasteiger partial charge >= 0.3 is 13.8 Å². The van der Waals surface area contributed by atoms with E-state index in [1.54, 1.807) is 0 Å². The fourth-order valence-corrected chi connectivity index (χ4v) is 7.12.